The van der Waals surface area contributed by atoms with Crippen LogP contribution >= 0.6 is 0 Å². The lowest BCUT2D eigenvalue weighted by molar-refractivity contribution is 0.0792. The van der Waals surface area contributed by atoms with Gasteiger partial charge >= 0.3 is 5.69 Å². The molecule has 0 fully saturated rings. The molecule has 0 aliphatic carbocycles. The number of aromatic amines is 1. The van der Waals surface area contributed by atoms with Crippen LogP contribution in [-0.2, 0) is 0 Å². The number of halogens is 1. The fourth-order valence-corrected chi connectivity index (χ4v) is 3.10. The number of carbonyl (C=O) groups is 1. The number of hydrogen-bond donors (Lipinski definition) is 3. The Hall–Kier alpha value is -3.82. The summed E-state index contributed by atoms with van der Waals surface area (Å²) in [7, 11) is 2.87. The Balaban J connectivity index is 2.21. The summed E-state index contributed by atoms with van der Waals surface area (Å²) in [5.41, 5.74) is -1.05. The molecule has 10 heteroatoms. The summed E-state index contributed by atoms with van der Waals surface area (Å²) in [6.45, 7) is 2.35. The highest BCUT2D eigenvalue weighted by Gasteiger charge is 2.24. The zero-order valence-electron chi connectivity index (χ0n) is 16.6. The summed E-state index contributed by atoms with van der Waals surface area (Å²) in [6, 6.07) is 6.42. The summed E-state index contributed by atoms with van der Waals surface area (Å²) in [4.78, 5) is 26.5. The van der Waals surface area contributed by atoms with Gasteiger partial charge in [-0.3, -0.25) is 4.79 Å². The molecule has 1 heterocycles. The number of aromatic nitrogens is 3. The minimum Gasteiger partial charge on any atom is -0.507 e. The second-order valence-corrected chi connectivity index (χ2v) is 6.59. The van der Waals surface area contributed by atoms with Crippen molar-refractivity contribution >= 4 is 5.91 Å². The Morgan fingerprint density at radius 1 is 1.30 bits per heavy atom. The van der Waals surface area contributed by atoms with Crippen molar-refractivity contribution < 1.29 is 24.1 Å². The number of benzene rings is 2. The lowest BCUT2D eigenvalue weighted by Gasteiger charge is -2.18. The van der Waals surface area contributed by atoms with E-state index in [1.54, 1.807) is 7.05 Å². The van der Waals surface area contributed by atoms with Crippen LogP contribution in [0.5, 0.6) is 17.2 Å². The van der Waals surface area contributed by atoms with Gasteiger partial charge in [-0.2, -0.15) is 5.10 Å². The molecule has 1 aromatic heterocycles. The molecule has 3 aromatic rings. The third-order valence-corrected chi connectivity index (χ3v) is 4.57. The Bertz CT molecular complexity index is 1150. The number of phenolic OH excluding ortho intramolecular Hbond substituents is 2. The van der Waals surface area contributed by atoms with Gasteiger partial charge in [0.05, 0.1) is 23.9 Å². The highest BCUT2D eigenvalue weighted by atomic mass is 19.1. The van der Waals surface area contributed by atoms with Crippen LogP contribution in [0.15, 0.2) is 35.1 Å². The first-order chi connectivity index (χ1) is 14.3. The van der Waals surface area contributed by atoms with E-state index in [1.165, 1.54) is 36.3 Å². The average Bonchev–Trinajstić information content (AvgIpc) is 3.09. The third-order valence-electron chi connectivity index (χ3n) is 4.57. The Morgan fingerprint density at radius 2 is 2.03 bits per heavy atom. The van der Waals surface area contributed by atoms with E-state index in [2.05, 4.69) is 10.2 Å². The topological polar surface area (TPSA) is 121 Å². The van der Waals surface area contributed by atoms with Crippen LogP contribution in [-0.4, -0.2) is 56.5 Å². The molecule has 9 nitrogen and oxygen atoms in total. The maximum absolute atomic E-state index is 14.8. The second-order valence-electron chi connectivity index (χ2n) is 6.59. The highest BCUT2D eigenvalue weighted by molar-refractivity contribution is 5.98. The van der Waals surface area contributed by atoms with Crippen molar-refractivity contribution in [2.75, 3.05) is 20.7 Å². The van der Waals surface area contributed by atoms with Crippen molar-refractivity contribution in [3.05, 3.63) is 52.2 Å². The van der Waals surface area contributed by atoms with Crippen LogP contribution in [0.2, 0.25) is 0 Å². The van der Waals surface area contributed by atoms with Gasteiger partial charge in [0, 0.05) is 19.7 Å². The number of hydrogen-bond acceptors (Lipinski definition) is 6. The number of rotatable bonds is 6. The van der Waals surface area contributed by atoms with Crippen LogP contribution in [0.4, 0.5) is 4.39 Å². The number of phenols is 2. The molecule has 30 heavy (non-hydrogen) atoms. The van der Waals surface area contributed by atoms with E-state index < -0.39 is 28.9 Å². The van der Waals surface area contributed by atoms with Crippen molar-refractivity contribution in [3.8, 4) is 34.3 Å². The van der Waals surface area contributed by atoms with Gasteiger partial charge in [0.1, 0.15) is 11.5 Å². The van der Waals surface area contributed by atoms with E-state index in [1.807, 2.05) is 6.92 Å². The molecule has 1 amide bonds. The van der Waals surface area contributed by atoms with E-state index in [4.69, 9.17) is 4.74 Å². The Morgan fingerprint density at radius 3 is 2.70 bits per heavy atom. The van der Waals surface area contributed by atoms with Gasteiger partial charge in [0.25, 0.3) is 5.91 Å². The van der Waals surface area contributed by atoms with E-state index in [-0.39, 0.29) is 28.4 Å². The Kier molecular flexibility index (Phi) is 5.77. The zero-order chi connectivity index (χ0) is 22.0. The van der Waals surface area contributed by atoms with Crippen LogP contribution in [0.3, 0.4) is 0 Å². The molecule has 0 unspecified atom stereocenters. The van der Waals surface area contributed by atoms with E-state index in [9.17, 15) is 24.2 Å². The van der Waals surface area contributed by atoms with Crippen molar-refractivity contribution in [2.24, 2.45) is 0 Å². The van der Waals surface area contributed by atoms with E-state index in [0.29, 0.717) is 13.0 Å². The van der Waals surface area contributed by atoms with Crippen molar-refractivity contribution in [3.63, 3.8) is 0 Å². The highest BCUT2D eigenvalue weighted by Crippen LogP contribution is 2.35. The molecular weight excluding hydrogens is 395 g/mol. The lowest BCUT2D eigenvalue weighted by Crippen LogP contribution is -2.27. The molecule has 158 valence electrons. The summed E-state index contributed by atoms with van der Waals surface area (Å²) in [6.07, 6.45) is 0.710. The molecule has 0 saturated heterocycles. The third kappa shape index (κ3) is 3.59. The fourth-order valence-electron chi connectivity index (χ4n) is 3.10. The number of nitrogens with zero attached hydrogens (tertiary/aromatic N) is 3. The lowest BCUT2D eigenvalue weighted by atomic mass is 10.1. The van der Waals surface area contributed by atoms with Gasteiger partial charge in [-0.15, -0.1) is 0 Å². The van der Waals surface area contributed by atoms with Gasteiger partial charge < -0.3 is 19.8 Å². The fraction of sp³-hybridized carbons (Fsp3) is 0.250. The first kappa shape index (κ1) is 20.9. The van der Waals surface area contributed by atoms with Crippen LogP contribution in [0.1, 0.15) is 23.7 Å². The SMILES string of the molecule is CCCN(C)C(=O)c1cc(-c2n[nH]c(=O)n2-c2cccc(OC)c2F)c(O)cc1O. The molecule has 3 N–H and O–H groups in total. The number of aromatic hydroxyl groups is 2. The molecule has 0 aliphatic rings. The van der Waals surface area contributed by atoms with Crippen LogP contribution in [0.25, 0.3) is 17.1 Å². The molecule has 0 spiro atoms. The number of H-pyrrole nitrogens is 1. The minimum atomic E-state index is -0.804. The molecular formula is C20H21FN4O5. The Labute approximate surface area is 171 Å². The molecule has 0 bridgehead atoms. The van der Waals surface area contributed by atoms with Crippen molar-refractivity contribution in [2.45, 2.75) is 13.3 Å². The van der Waals surface area contributed by atoms with Gasteiger partial charge in [-0.25, -0.2) is 18.9 Å². The molecule has 0 aliphatic heterocycles. The van der Waals surface area contributed by atoms with Crippen LogP contribution in [0, 0.1) is 5.82 Å². The van der Waals surface area contributed by atoms with Crippen molar-refractivity contribution in [1.82, 2.24) is 19.7 Å². The van der Waals surface area contributed by atoms with E-state index in [0.717, 1.165) is 10.6 Å². The molecule has 0 radical (unpaired) electrons. The zero-order valence-corrected chi connectivity index (χ0v) is 16.6. The predicted molar refractivity (Wildman–Crippen MR) is 107 cm³/mol. The maximum atomic E-state index is 14.8. The monoisotopic (exact) mass is 416 g/mol. The summed E-state index contributed by atoms with van der Waals surface area (Å²) >= 11 is 0. The van der Waals surface area contributed by atoms with Gasteiger partial charge in [0.15, 0.2) is 17.4 Å². The smallest absolute Gasteiger partial charge is 0.348 e. The summed E-state index contributed by atoms with van der Waals surface area (Å²) in [5.74, 6) is -2.38. The standard InChI is InChI=1S/C20H21FN4O5/c1-4-8-24(2)19(28)12-9-11(14(26)10-15(12)27)18-22-23-20(29)25(18)13-6-5-7-16(30-3)17(13)21/h5-7,9-10,26-27H,4,8H2,1-3H3,(H,23,29). The minimum absolute atomic E-state index is 0.0402. The maximum Gasteiger partial charge on any atom is 0.348 e. The normalized spacial score (nSPS) is 10.8. The number of amides is 1. The number of carbonyl (C=O) groups excluding carboxylic acids is 1. The van der Waals surface area contributed by atoms with E-state index >= 15 is 0 Å². The van der Waals surface area contributed by atoms with Gasteiger partial charge in [0.2, 0.25) is 0 Å². The predicted octanol–water partition coefficient (Wildman–Crippen LogP) is 2.27. The molecule has 3 rings (SSSR count). The quantitative estimate of drug-likeness (QED) is 0.567. The first-order valence-electron chi connectivity index (χ1n) is 9.12. The summed E-state index contributed by atoms with van der Waals surface area (Å²) in [5, 5.41) is 26.6. The number of methoxy groups -OCH3 is 1. The van der Waals surface area contributed by atoms with Gasteiger partial charge in [-0.05, 0) is 24.6 Å². The number of ether oxygens (including phenoxy) is 1. The average molecular weight is 416 g/mol. The second kappa shape index (κ2) is 8.27. The van der Waals surface area contributed by atoms with Crippen LogP contribution < -0.4 is 10.4 Å². The molecule has 2 aromatic carbocycles. The number of nitrogens with one attached hydrogen (secondary N) is 1. The summed E-state index contributed by atoms with van der Waals surface area (Å²) < 4.78 is 20.7. The molecule has 0 saturated carbocycles. The largest absolute Gasteiger partial charge is 0.507 e. The van der Waals surface area contributed by atoms with Gasteiger partial charge in [-0.1, -0.05) is 13.0 Å². The molecule has 0 atom stereocenters. The first-order valence-corrected chi connectivity index (χ1v) is 9.12. The van der Waals surface area contributed by atoms with Crippen molar-refractivity contribution in [1.29, 1.82) is 0 Å².